The van der Waals surface area contributed by atoms with E-state index >= 15 is 0 Å². The molecule has 0 saturated carbocycles. The third-order valence-electron chi connectivity index (χ3n) is 5.49. The highest BCUT2D eigenvalue weighted by Crippen LogP contribution is 2.21. The maximum Gasteiger partial charge on any atom is 0.243 e. The standard InChI is InChI=1S/C22H27FN2O4S/c1-17(19-6-8-20(23)9-7-19)24(2)22(26)12-5-18-3-10-21(11-4-18)30(27,28)25-13-15-29-16-14-25/h3-4,6-11,17H,5,12-16H2,1-2H3. The molecule has 0 N–H and O–H groups in total. The molecule has 6 nitrogen and oxygen atoms in total. The van der Waals surface area contributed by atoms with Gasteiger partial charge in [0.15, 0.2) is 0 Å². The van der Waals surface area contributed by atoms with Crippen molar-refractivity contribution in [1.82, 2.24) is 9.21 Å². The SMILES string of the molecule is CC(c1ccc(F)cc1)N(C)C(=O)CCc1ccc(S(=O)(=O)N2CCOCC2)cc1. The number of benzene rings is 2. The number of rotatable bonds is 7. The number of sulfonamides is 1. The first kappa shape index (κ1) is 22.4. The molecule has 0 spiro atoms. The Bertz CT molecular complexity index is 956. The molecule has 0 aliphatic carbocycles. The quantitative estimate of drug-likeness (QED) is 0.672. The molecular formula is C22H27FN2O4S. The summed E-state index contributed by atoms with van der Waals surface area (Å²) in [5.74, 6) is -0.337. The second-order valence-corrected chi connectivity index (χ2v) is 9.33. The van der Waals surface area contributed by atoms with Gasteiger partial charge in [0.2, 0.25) is 15.9 Å². The van der Waals surface area contributed by atoms with Crippen LogP contribution < -0.4 is 0 Å². The van der Waals surface area contributed by atoms with Crippen molar-refractivity contribution in [3.63, 3.8) is 0 Å². The number of aryl methyl sites for hydroxylation is 1. The Balaban J connectivity index is 1.57. The van der Waals surface area contributed by atoms with Crippen molar-refractivity contribution in [2.45, 2.75) is 30.7 Å². The van der Waals surface area contributed by atoms with E-state index in [1.165, 1.54) is 16.4 Å². The predicted molar refractivity (Wildman–Crippen MR) is 112 cm³/mol. The van der Waals surface area contributed by atoms with Gasteiger partial charge in [0, 0.05) is 26.6 Å². The van der Waals surface area contributed by atoms with Gasteiger partial charge in [0.25, 0.3) is 0 Å². The van der Waals surface area contributed by atoms with Gasteiger partial charge >= 0.3 is 0 Å². The fourth-order valence-electron chi connectivity index (χ4n) is 3.37. The Labute approximate surface area is 177 Å². The van der Waals surface area contributed by atoms with Crippen LogP contribution in [0.25, 0.3) is 0 Å². The topological polar surface area (TPSA) is 66.9 Å². The van der Waals surface area contributed by atoms with Crippen molar-refractivity contribution < 1.29 is 22.3 Å². The first-order valence-corrected chi connectivity index (χ1v) is 11.4. The van der Waals surface area contributed by atoms with E-state index in [1.807, 2.05) is 6.92 Å². The van der Waals surface area contributed by atoms with Crippen LogP contribution in [-0.4, -0.2) is 56.9 Å². The molecule has 8 heteroatoms. The molecule has 1 heterocycles. The Morgan fingerprint density at radius 1 is 1.10 bits per heavy atom. The van der Waals surface area contributed by atoms with E-state index in [-0.39, 0.29) is 22.7 Å². The Morgan fingerprint density at radius 2 is 1.70 bits per heavy atom. The lowest BCUT2D eigenvalue weighted by molar-refractivity contribution is -0.131. The molecule has 3 rings (SSSR count). The third-order valence-corrected chi connectivity index (χ3v) is 7.40. The number of hydrogen-bond acceptors (Lipinski definition) is 4. The number of hydrogen-bond donors (Lipinski definition) is 0. The minimum Gasteiger partial charge on any atom is -0.379 e. The smallest absolute Gasteiger partial charge is 0.243 e. The minimum atomic E-state index is -3.52. The first-order chi connectivity index (χ1) is 14.3. The summed E-state index contributed by atoms with van der Waals surface area (Å²) >= 11 is 0. The molecule has 162 valence electrons. The zero-order valence-corrected chi connectivity index (χ0v) is 18.1. The van der Waals surface area contributed by atoms with Crippen LogP contribution in [-0.2, 0) is 26.0 Å². The van der Waals surface area contributed by atoms with Gasteiger partial charge in [-0.1, -0.05) is 24.3 Å². The zero-order valence-electron chi connectivity index (χ0n) is 17.3. The van der Waals surface area contributed by atoms with Gasteiger partial charge < -0.3 is 9.64 Å². The van der Waals surface area contributed by atoms with Gasteiger partial charge in [-0.25, -0.2) is 12.8 Å². The highest BCUT2D eigenvalue weighted by molar-refractivity contribution is 7.89. The lowest BCUT2D eigenvalue weighted by atomic mass is 10.1. The van der Waals surface area contributed by atoms with Crippen LogP contribution in [0.15, 0.2) is 53.4 Å². The van der Waals surface area contributed by atoms with Gasteiger partial charge in [0.1, 0.15) is 5.82 Å². The van der Waals surface area contributed by atoms with Crippen molar-refractivity contribution in [3.05, 3.63) is 65.5 Å². The van der Waals surface area contributed by atoms with Crippen molar-refractivity contribution in [3.8, 4) is 0 Å². The highest BCUT2D eigenvalue weighted by Gasteiger charge is 2.26. The largest absolute Gasteiger partial charge is 0.379 e. The molecule has 1 amide bonds. The third kappa shape index (κ3) is 5.24. The van der Waals surface area contributed by atoms with Gasteiger partial charge in [-0.2, -0.15) is 4.31 Å². The zero-order chi connectivity index (χ0) is 21.7. The van der Waals surface area contributed by atoms with Crippen LogP contribution >= 0.6 is 0 Å². The summed E-state index contributed by atoms with van der Waals surface area (Å²) in [7, 11) is -1.79. The van der Waals surface area contributed by atoms with Crippen molar-refractivity contribution >= 4 is 15.9 Å². The number of morpholine rings is 1. The molecule has 2 aromatic rings. The van der Waals surface area contributed by atoms with E-state index in [2.05, 4.69) is 0 Å². The minimum absolute atomic E-state index is 0.0307. The number of nitrogens with zero attached hydrogens (tertiary/aromatic N) is 2. The summed E-state index contributed by atoms with van der Waals surface area (Å²) in [6.45, 7) is 3.43. The van der Waals surface area contributed by atoms with Crippen molar-refractivity contribution in [1.29, 1.82) is 0 Å². The molecule has 0 aromatic heterocycles. The summed E-state index contributed by atoms with van der Waals surface area (Å²) in [5, 5.41) is 0. The predicted octanol–water partition coefficient (Wildman–Crippen LogP) is 3.00. The maximum absolute atomic E-state index is 13.1. The molecule has 1 aliphatic rings. The summed E-state index contributed by atoms with van der Waals surface area (Å²) in [6.07, 6.45) is 0.814. The van der Waals surface area contributed by atoms with Gasteiger partial charge in [0.05, 0.1) is 24.2 Å². The van der Waals surface area contributed by atoms with Crippen molar-refractivity contribution in [2.75, 3.05) is 33.4 Å². The summed E-state index contributed by atoms with van der Waals surface area (Å²) in [6, 6.07) is 12.7. The van der Waals surface area contributed by atoms with E-state index in [0.29, 0.717) is 39.1 Å². The second-order valence-electron chi connectivity index (χ2n) is 7.39. The molecule has 1 atom stereocenters. The van der Waals surface area contributed by atoms with Crippen LogP contribution in [0, 0.1) is 5.82 Å². The lowest BCUT2D eigenvalue weighted by Crippen LogP contribution is -2.40. The fraction of sp³-hybridized carbons (Fsp3) is 0.409. The summed E-state index contributed by atoms with van der Waals surface area (Å²) < 4.78 is 45.1. The Morgan fingerprint density at radius 3 is 2.30 bits per heavy atom. The van der Waals surface area contributed by atoms with E-state index in [9.17, 15) is 17.6 Å². The number of amides is 1. The van der Waals surface area contributed by atoms with E-state index < -0.39 is 10.0 Å². The Kier molecular flexibility index (Phi) is 7.23. The lowest BCUT2D eigenvalue weighted by Gasteiger charge is -2.26. The van der Waals surface area contributed by atoms with E-state index in [0.717, 1.165) is 11.1 Å². The number of halogens is 1. The van der Waals surface area contributed by atoms with Gasteiger partial charge in [-0.05, 0) is 48.7 Å². The fourth-order valence-corrected chi connectivity index (χ4v) is 4.78. The number of carbonyl (C=O) groups is 1. The summed E-state index contributed by atoms with van der Waals surface area (Å²) in [5.41, 5.74) is 1.76. The molecule has 1 aliphatic heterocycles. The molecule has 0 radical (unpaired) electrons. The second kappa shape index (κ2) is 9.68. The molecule has 2 aromatic carbocycles. The first-order valence-electron chi connectivity index (χ1n) is 9.97. The average Bonchev–Trinajstić information content (AvgIpc) is 2.78. The number of ether oxygens (including phenoxy) is 1. The maximum atomic E-state index is 13.1. The van der Waals surface area contributed by atoms with Crippen LogP contribution in [0.3, 0.4) is 0 Å². The van der Waals surface area contributed by atoms with Crippen molar-refractivity contribution in [2.24, 2.45) is 0 Å². The molecule has 30 heavy (non-hydrogen) atoms. The number of carbonyl (C=O) groups excluding carboxylic acids is 1. The van der Waals surface area contributed by atoms with Crippen LogP contribution in [0.1, 0.15) is 30.5 Å². The van der Waals surface area contributed by atoms with Crippen LogP contribution in [0.2, 0.25) is 0 Å². The molecule has 1 saturated heterocycles. The van der Waals surface area contributed by atoms with E-state index in [4.69, 9.17) is 4.74 Å². The molecule has 0 bridgehead atoms. The normalized spacial score (nSPS) is 16.2. The summed E-state index contributed by atoms with van der Waals surface area (Å²) in [4.78, 5) is 14.5. The van der Waals surface area contributed by atoms with Gasteiger partial charge in [-0.3, -0.25) is 4.79 Å². The average molecular weight is 435 g/mol. The van der Waals surface area contributed by atoms with E-state index in [1.54, 1.807) is 48.3 Å². The van der Waals surface area contributed by atoms with Gasteiger partial charge in [-0.15, -0.1) is 0 Å². The molecule has 1 unspecified atom stereocenters. The van der Waals surface area contributed by atoms with Crippen LogP contribution in [0.5, 0.6) is 0 Å². The molecule has 1 fully saturated rings. The monoisotopic (exact) mass is 434 g/mol. The Hall–Kier alpha value is -2.29. The van der Waals surface area contributed by atoms with Crippen LogP contribution in [0.4, 0.5) is 4.39 Å². The molecular weight excluding hydrogens is 407 g/mol. The highest BCUT2D eigenvalue weighted by atomic mass is 32.2.